The van der Waals surface area contributed by atoms with E-state index in [0.29, 0.717) is 36.0 Å². The van der Waals surface area contributed by atoms with Crippen LogP contribution < -0.4 is 0 Å². The second-order valence-corrected chi connectivity index (χ2v) is 7.90. The minimum Gasteiger partial charge on any atom is -0.468 e. The van der Waals surface area contributed by atoms with Gasteiger partial charge in [-0.3, -0.25) is 9.69 Å². The van der Waals surface area contributed by atoms with Crippen molar-refractivity contribution < 1.29 is 9.21 Å². The molecular weight excluding hydrogens is 388 g/mol. The molecule has 0 atom stereocenters. The van der Waals surface area contributed by atoms with Crippen LogP contribution in [0.3, 0.4) is 0 Å². The third-order valence-corrected chi connectivity index (χ3v) is 5.74. The summed E-state index contributed by atoms with van der Waals surface area (Å²) in [4.78, 5) is 17.3. The number of aromatic nitrogens is 2. The van der Waals surface area contributed by atoms with Crippen molar-refractivity contribution in [3.8, 4) is 0 Å². The first-order valence-corrected chi connectivity index (χ1v) is 10.2. The summed E-state index contributed by atoms with van der Waals surface area (Å²) in [6.07, 6.45) is 1.69. The lowest BCUT2D eigenvalue weighted by Gasteiger charge is -2.34. The van der Waals surface area contributed by atoms with Gasteiger partial charge in [-0.25, -0.2) is 4.68 Å². The van der Waals surface area contributed by atoms with Gasteiger partial charge >= 0.3 is 0 Å². The van der Waals surface area contributed by atoms with E-state index in [9.17, 15) is 4.79 Å². The lowest BCUT2D eigenvalue weighted by atomic mass is 10.1. The van der Waals surface area contributed by atoms with Crippen molar-refractivity contribution in [2.75, 3.05) is 26.2 Å². The number of rotatable bonds is 5. The summed E-state index contributed by atoms with van der Waals surface area (Å²) in [5.74, 6) is 0.904. The van der Waals surface area contributed by atoms with Crippen LogP contribution >= 0.6 is 11.6 Å². The second-order valence-electron chi connectivity index (χ2n) is 7.54. The van der Waals surface area contributed by atoms with Gasteiger partial charge in [0.15, 0.2) is 0 Å². The number of furan rings is 1. The Morgan fingerprint density at radius 2 is 1.79 bits per heavy atom. The van der Waals surface area contributed by atoms with E-state index in [0.717, 1.165) is 31.0 Å². The Morgan fingerprint density at radius 3 is 2.45 bits per heavy atom. The van der Waals surface area contributed by atoms with Crippen molar-refractivity contribution in [2.24, 2.45) is 0 Å². The maximum atomic E-state index is 13.1. The van der Waals surface area contributed by atoms with E-state index in [1.165, 1.54) is 5.56 Å². The molecule has 3 heterocycles. The average molecular weight is 413 g/mol. The van der Waals surface area contributed by atoms with Gasteiger partial charge in [0.25, 0.3) is 5.91 Å². The summed E-state index contributed by atoms with van der Waals surface area (Å²) < 4.78 is 7.13. The number of hydrogen-bond donors (Lipinski definition) is 0. The summed E-state index contributed by atoms with van der Waals surface area (Å²) in [5.41, 5.74) is 3.49. The smallest absolute Gasteiger partial charge is 0.258 e. The number of carbonyl (C=O) groups excluding carboxylic acids is 1. The summed E-state index contributed by atoms with van der Waals surface area (Å²) in [6.45, 7) is 8.16. The molecule has 1 saturated heterocycles. The largest absolute Gasteiger partial charge is 0.468 e. The molecule has 3 aromatic rings. The highest BCUT2D eigenvalue weighted by Crippen LogP contribution is 2.23. The number of benzene rings is 1. The zero-order valence-electron chi connectivity index (χ0n) is 16.8. The Bertz CT molecular complexity index is 971. The summed E-state index contributed by atoms with van der Waals surface area (Å²) in [6, 6.07) is 12.1. The molecule has 1 aliphatic rings. The summed E-state index contributed by atoms with van der Waals surface area (Å²) >= 11 is 6.58. The number of nitrogens with zero attached hydrogens (tertiary/aromatic N) is 4. The minimum absolute atomic E-state index is 0.0414. The second kappa shape index (κ2) is 8.43. The molecule has 0 radical (unpaired) electrons. The van der Waals surface area contributed by atoms with Gasteiger partial charge in [-0.1, -0.05) is 41.4 Å². The molecule has 0 aliphatic carbocycles. The maximum absolute atomic E-state index is 13.1. The van der Waals surface area contributed by atoms with E-state index in [1.54, 1.807) is 10.9 Å². The number of amides is 1. The fourth-order valence-corrected chi connectivity index (χ4v) is 3.97. The van der Waals surface area contributed by atoms with E-state index in [-0.39, 0.29) is 5.91 Å². The van der Waals surface area contributed by atoms with E-state index in [4.69, 9.17) is 16.0 Å². The van der Waals surface area contributed by atoms with Gasteiger partial charge in [0, 0.05) is 26.2 Å². The Hall–Kier alpha value is -2.57. The first-order valence-electron chi connectivity index (χ1n) is 9.83. The van der Waals surface area contributed by atoms with Gasteiger partial charge in [0.05, 0.1) is 30.6 Å². The molecule has 6 nitrogen and oxygen atoms in total. The van der Waals surface area contributed by atoms with Crippen LogP contribution in [-0.2, 0) is 13.1 Å². The molecule has 1 aliphatic heterocycles. The van der Waals surface area contributed by atoms with Crippen LogP contribution in [0.25, 0.3) is 0 Å². The SMILES string of the molecule is Cc1ccc(Cn2nc(C)c(C(=O)N3CCN(Cc4ccco4)CC3)c2Cl)cc1. The van der Waals surface area contributed by atoms with Crippen molar-refractivity contribution >= 4 is 17.5 Å². The molecule has 0 N–H and O–H groups in total. The Balaban J connectivity index is 1.42. The molecule has 0 spiro atoms. The molecule has 7 heteroatoms. The lowest BCUT2D eigenvalue weighted by Crippen LogP contribution is -2.48. The van der Waals surface area contributed by atoms with Crippen molar-refractivity contribution in [3.05, 3.63) is 76.0 Å². The van der Waals surface area contributed by atoms with Crippen LogP contribution in [0, 0.1) is 13.8 Å². The van der Waals surface area contributed by atoms with Crippen molar-refractivity contribution in [1.29, 1.82) is 0 Å². The fraction of sp³-hybridized carbons (Fsp3) is 0.364. The van der Waals surface area contributed by atoms with Gasteiger partial charge < -0.3 is 9.32 Å². The van der Waals surface area contributed by atoms with E-state index >= 15 is 0 Å². The molecule has 1 aromatic carbocycles. The van der Waals surface area contributed by atoms with Crippen LogP contribution in [0.5, 0.6) is 0 Å². The molecule has 4 rings (SSSR count). The third kappa shape index (κ3) is 4.38. The summed E-state index contributed by atoms with van der Waals surface area (Å²) in [5, 5.41) is 4.93. The fourth-order valence-electron chi connectivity index (χ4n) is 3.66. The molecule has 1 fully saturated rings. The molecular formula is C22H25ClN4O2. The van der Waals surface area contributed by atoms with Gasteiger partial charge in [0.1, 0.15) is 10.9 Å². The van der Waals surface area contributed by atoms with Gasteiger partial charge in [-0.05, 0) is 31.5 Å². The molecule has 152 valence electrons. The minimum atomic E-state index is -0.0414. The molecule has 2 aromatic heterocycles. The average Bonchev–Trinajstić information content (AvgIpc) is 3.32. The number of halogens is 1. The van der Waals surface area contributed by atoms with Gasteiger partial charge in [-0.15, -0.1) is 0 Å². The number of hydrogen-bond acceptors (Lipinski definition) is 4. The lowest BCUT2D eigenvalue weighted by molar-refractivity contribution is 0.0619. The molecule has 29 heavy (non-hydrogen) atoms. The first-order chi connectivity index (χ1) is 14.0. The molecule has 0 bridgehead atoms. The highest BCUT2D eigenvalue weighted by atomic mass is 35.5. The van der Waals surface area contributed by atoms with E-state index in [2.05, 4.69) is 41.2 Å². The van der Waals surface area contributed by atoms with Crippen molar-refractivity contribution in [3.63, 3.8) is 0 Å². The quantitative estimate of drug-likeness (QED) is 0.640. The van der Waals surface area contributed by atoms with Crippen LogP contribution in [0.2, 0.25) is 5.15 Å². The van der Waals surface area contributed by atoms with Crippen LogP contribution in [0.4, 0.5) is 0 Å². The molecule has 1 amide bonds. The van der Waals surface area contributed by atoms with Gasteiger partial charge in [-0.2, -0.15) is 5.10 Å². The molecule has 0 unspecified atom stereocenters. The van der Waals surface area contributed by atoms with E-state index < -0.39 is 0 Å². The highest BCUT2D eigenvalue weighted by Gasteiger charge is 2.28. The zero-order valence-corrected chi connectivity index (χ0v) is 17.5. The standard InChI is InChI=1S/C22H25ClN4O2/c1-16-5-7-18(8-6-16)14-27-21(23)20(17(2)24-27)22(28)26-11-9-25(10-12-26)15-19-4-3-13-29-19/h3-8,13H,9-12,14-15H2,1-2H3. The molecule has 0 saturated carbocycles. The first kappa shape index (κ1) is 19.7. The summed E-state index contributed by atoms with van der Waals surface area (Å²) in [7, 11) is 0. The predicted molar refractivity (Wildman–Crippen MR) is 112 cm³/mol. The van der Waals surface area contributed by atoms with Crippen LogP contribution in [0.1, 0.15) is 32.9 Å². The number of carbonyl (C=O) groups is 1. The van der Waals surface area contributed by atoms with Crippen LogP contribution in [-0.4, -0.2) is 51.7 Å². The van der Waals surface area contributed by atoms with E-state index in [1.807, 2.05) is 24.0 Å². The number of aryl methyl sites for hydroxylation is 2. The third-order valence-electron chi connectivity index (χ3n) is 5.35. The maximum Gasteiger partial charge on any atom is 0.258 e. The zero-order chi connectivity index (χ0) is 20.4. The predicted octanol–water partition coefficient (Wildman–Crippen LogP) is 3.75. The van der Waals surface area contributed by atoms with Crippen molar-refractivity contribution in [2.45, 2.75) is 26.9 Å². The van der Waals surface area contributed by atoms with Crippen molar-refractivity contribution in [1.82, 2.24) is 19.6 Å². The Kier molecular flexibility index (Phi) is 5.74. The Labute approximate surface area is 175 Å². The van der Waals surface area contributed by atoms with Crippen LogP contribution in [0.15, 0.2) is 47.1 Å². The van der Waals surface area contributed by atoms with Gasteiger partial charge in [0.2, 0.25) is 0 Å². The number of piperazine rings is 1. The highest BCUT2D eigenvalue weighted by molar-refractivity contribution is 6.33. The monoisotopic (exact) mass is 412 g/mol. The Morgan fingerprint density at radius 1 is 1.07 bits per heavy atom. The normalized spacial score (nSPS) is 15.1. The topological polar surface area (TPSA) is 54.5 Å².